The highest BCUT2D eigenvalue weighted by Gasteiger charge is 2.29. The van der Waals surface area contributed by atoms with Crippen molar-refractivity contribution in [3.8, 4) is 17.0 Å². The van der Waals surface area contributed by atoms with Gasteiger partial charge in [0.05, 0.1) is 11.0 Å². The number of aromatic nitrogens is 6. The fraction of sp³-hybridized carbons (Fsp3) is 0.429. The van der Waals surface area contributed by atoms with Crippen molar-refractivity contribution in [3.63, 3.8) is 0 Å². The van der Waals surface area contributed by atoms with Crippen LogP contribution in [0.4, 0.5) is 5.95 Å². The normalized spacial score (nSPS) is 21.5. The van der Waals surface area contributed by atoms with E-state index in [1.807, 2.05) is 42.8 Å². The molecule has 0 aliphatic heterocycles. The Kier molecular flexibility index (Phi) is 5.15. The van der Waals surface area contributed by atoms with Crippen LogP contribution in [0.25, 0.3) is 27.8 Å². The van der Waals surface area contributed by atoms with Crippen LogP contribution in [0.2, 0.25) is 0 Å². The average molecular weight is 437 g/mol. The SMILES string of the molecule is [B]C([B])([B])Oc1nc(NC2CCC(C)(O)CC2)nc2[nH]cc(-c3ccc4nnc(C)n4c3)c12. The number of nitrogens with zero attached hydrogens (tertiary/aromatic N) is 5. The molecule has 1 saturated carbocycles. The van der Waals surface area contributed by atoms with E-state index in [4.69, 9.17) is 28.3 Å². The standard InChI is InChI=1S/C21H22B3N7O2/c1-11-29-30-15-4-3-12(10-31(11)15)14-9-25-17-16(14)18(33-21(22,23)24)28-19(27-17)26-13-5-7-20(2,32)8-6-13/h3-4,9-10,13,32H,5-8H2,1-2H3,(H2,25,26,27,28). The molecule has 9 nitrogen and oxygen atoms in total. The van der Waals surface area contributed by atoms with Crippen LogP contribution in [0, 0.1) is 6.92 Å². The van der Waals surface area contributed by atoms with Crippen LogP contribution in [0.5, 0.6) is 5.88 Å². The van der Waals surface area contributed by atoms with Gasteiger partial charge < -0.3 is 20.1 Å². The second-order valence-electron chi connectivity index (χ2n) is 9.04. The van der Waals surface area contributed by atoms with E-state index in [1.165, 1.54) is 0 Å². The van der Waals surface area contributed by atoms with E-state index in [0.29, 0.717) is 29.8 Å². The number of anilines is 1. The van der Waals surface area contributed by atoms with Gasteiger partial charge in [-0.2, -0.15) is 9.97 Å². The van der Waals surface area contributed by atoms with Gasteiger partial charge in [-0.15, -0.1) is 10.2 Å². The van der Waals surface area contributed by atoms with Crippen molar-refractivity contribution in [2.24, 2.45) is 0 Å². The highest BCUT2D eigenvalue weighted by molar-refractivity contribution is 6.58. The van der Waals surface area contributed by atoms with Crippen LogP contribution in [0.1, 0.15) is 38.4 Å². The maximum Gasteiger partial charge on any atom is 0.228 e. The Morgan fingerprint density at radius 3 is 2.70 bits per heavy atom. The minimum atomic E-state index is -1.93. The summed E-state index contributed by atoms with van der Waals surface area (Å²) in [6.07, 6.45) is 6.75. The molecular formula is C21H22B3N7O2. The molecule has 3 N–H and O–H groups in total. The highest BCUT2D eigenvalue weighted by Crippen LogP contribution is 2.36. The first-order valence-electron chi connectivity index (χ1n) is 10.8. The summed E-state index contributed by atoms with van der Waals surface area (Å²) in [4.78, 5) is 12.4. The highest BCUT2D eigenvalue weighted by atomic mass is 16.5. The van der Waals surface area contributed by atoms with Gasteiger partial charge in [-0.3, -0.25) is 4.40 Å². The number of aromatic amines is 1. The van der Waals surface area contributed by atoms with Gasteiger partial charge >= 0.3 is 0 Å². The summed E-state index contributed by atoms with van der Waals surface area (Å²) in [6.45, 7) is 3.74. The Morgan fingerprint density at radius 2 is 1.97 bits per heavy atom. The summed E-state index contributed by atoms with van der Waals surface area (Å²) in [5, 5.41) is 20.5. The van der Waals surface area contributed by atoms with Gasteiger partial charge in [0.1, 0.15) is 35.0 Å². The van der Waals surface area contributed by atoms with Gasteiger partial charge in [-0.05, 0) is 57.0 Å². The molecule has 4 aromatic rings. The number of rotatable bonds is 5. The second-order valence-corrected chi connectivity index (χ2v) is 9.04. The summed E-state index contributed by atoms with van der Waals surface area (Å²) in [6, 6.07) is 3.93. The Hall–Kier alpha value is -3.01. The summed E-state index contributed by atoms with van der Waals surface area (Å²) in [7, 11) is 17.3. The van der Waals surface area contributed by atoms with Gasteiger partial charge in [-0.1, -0.05) is 0 Å². The van der Waals surface area contributed by atoms with Crippen LogP contribution in [0.3, 0.4) is 0 Å². The van der Waals surface area contributed by atoms with Gasteiger partial charge in [0.15, 0.2) is 5.65 Å². The molecule has 0 unspecified atom stereocenters. The van der Waals surface area contributed by atoms with Crippen LogP contribution in [0.15, 0.2) is 24.5 Å². The Morgan fingerprint density at radius 1 is 1.21 bits per heavy atom. The molecular weight excluding hydrogens is 415 g/mol. The molecule has 6 radical (unpaired) electrons. The van der Waals surface area contributed by atoms with Crippen molar-refractivity contribution >= 4 is 46.2 Å². The Balaban J connectivity index is 1.55. The Bertz CT molecular complexity index is 1320. The quantitative estimate of drug-likeness (QED) is 0.407. The molecule has 4 heterocycles. The fourth-order valence-electron chi connectivity index (χ4n) is 4.26. The van der Waals surface area contributed by atoms with E-state index < -0.39 is 10.9 Å². The van der Waals surface area contributed by atoms with Crippen LogP contribution >= 0.6 is 0 Å². The predicted octanol–water partition coefficient (Wildman–Crippen LogP) is 1.58. The molecule has 33 heavy (non-hydrogen) atoms. The molecule has 0 aromatic carbocycles. The van der Waals surface area contributed by atoms with Crippen LogP contribution in [-0.4, -0.2) is 75.1 Å². The fourth-order valence-corrected chi connectivity index (χ4v) is 4.26. The lowest BCUT2D eigenvalue weighted by atomic mass is 9.52. The van der Waals surface area contributed by atoms with Crippen molar-refractivity contribution in [1.82, 2.24) is 29.5 Å². The minimum absolute atomic E-state index is 0.127. The lowest BCUT2D eigenvalue weighted by Gasteiger charge is -2.33. The van der Waals surface area contributed by atoms with Crippen molar-refractivity contribution in [3.05, 3.63) is 30.4 Å². The number of hydrogen-bond donors (Lipinski definition) is 3. The maximum absolute atomic E-state index is 10.2. The number of hydrogen-bond acceptors (Lipinski definition) is 7. The van der Waals surface area contributed by atoms with Crippen LogP contribution in [-0.2, 0) is 0 Å². The zero-order valence-corrected chi connectivity index (χ0v) is 18.5. The van der Waals surface area contributed by atoms with E-state index >= 15 is 0 Å². The van der Waals surface area contributed by atoms with E-state index in [-0.39, 0.29) is 11.9 Å². The van der Waals surface area contributed by atoms with Crippen molar-refractivity contribution in [2.75, 3.05) is 5.32 Å². The summed E-state index contributed by atoms with van der Waals surface area (Å²) in [5.74, 6) is 1.30. The molecule has 1 aliphatic rings. The third kappa shape index (κ3) is 4.44. The number of fused-ring (bicyclic) bond motifs is 2. The smallest absolute Gasteiger partial charge is 0.228 e. The molecule has 5 rings (SSSR count). The molecule has 4 aromatic heterocycles. The van der Waals surface area contributed by atoms with Gasteiger partial charge in [-0.25, -0.2) is 0 Å². The maximum atomic E-state index is 10.2. The second kappa shape index (κ2) is 7.79. The topological polar surface area (TPSA) is 113 Å². The third-order valence-electron chi connectivity index (χ3n) is 6.05. The van der Waals surface area contributed by atoms with Crippen molar-refractivity contribution in [2.45, 2.75) is 56.5 Å². The number of pyridine rings is 1. The van der Waals surface area contributed by atoms with E-state index in [1.54, 1.807) is 0 Å². The molecule has 1 aliphatic carbocycles. The number of ether oxygens (including phenoxy) is 1. The van der Waals surface area contributed by atoms with Crippen molar-refractivity contribution < 1.29 is 9.84 Å². The molecule has 0 amide bonds. The largest absolute Gasteiger partial charge is 0.500 e. The number of aryl methyl sites for hydroxylation is 1. The number of H-pyrrole nitrogens is 1. The monoisotopic (exact) mass is 437 g/mol. The molecule has 0 spiro atoms. The average Bonchev–Trinajstić information content (AvgIpc) is 3.32. The number of nitrogens with one attached hydrogen (secondary N) is 2. The van der Waals surface area contributed by atoms with Crippen LogP contribution < -0.4 is 10.1 Å². The van der Waals surface area contributed by atoms with E-state index in [9.17, 15) is 5.11 Å². The third-order valence-corrected chi connectivity index (χ3v) is 6.05. The lowest BCUT2D eigenvalue weighted by molar-refractivity contribution is 0.0195. The molecule has 12 heteroatoms. The minimum Gasteiger partial charge on any atom is -0.500 e. The summed E-state index contributed by atoms with van der Waals surface area (Å²) < 4.78 is 7.54. The Labute approximate surface area is 195 Å². The first kappa shape index (κ1) is 21.8. The molecule has 1 fully saturated rings. The zero-order chi connectivity index (χ0) is 23.4. The summed E-state index contributed by atoms with van der Waals surface area (Å²) in [5.41, 5.74) is 2.32. The number of aliphatic hydroxyl groups is 1. The first-order valence-corrected chi connectivity index (χ1v) is 10.8. The molecule has 0 bridgehead atoms. The molecule has 0 atom stereocenters. The zero-order valence-electron chi connectivity index (χ0n) is 18.5. The first-order chi connectivity index (χ1) is 15.6. The van der Waals surface area contributed by atoms with E-state index in [0.717, 1.165) is 35.4 Å². The lowest BCUT2D eigenvalue weighted by Crippen LogP contribution is -2.38. The summed E-state index contributed by atoms with van der Waals surface area (Å²) >= 11 is 0. The van der Waals surface area contributed by atoms with Gasteiger partial charge in [0.25, 0.3) is 0 Å². The van der Waals surface area contributed by atoms with E-state index in [2.05, 4.69) is 30.5 Å². The molecule has 162 valence electrons. The van der Waals surface area contributed by atoms with Gasteiger partial charge in [0, 0.05) is 29.6 Å². The van der Waals surface area contributed by atoms with Crippen molar-refractivity contribution in [1.29, 1.82) is 0 Å². The molecule has 0 saturated heterocycles. The van der Waals surface area contributed by atoms with Gasteiger partial charge in [0.2, 0.25) is 11.8 Å². The predicted molar refractivity (Wildman–Crippen MR) is 128 cm³/mol.